The molecule has 0 bridgehead atoms. The Hall–Kier alpha value is -0.730. The fourth-order valence-electron chi connectivity index (χ4n) is 1.05. The van der Waals surface area contributed by atoms with Crippen molar-refractivity contribution in [2.24, 2.45) is 5.92 Å². The molecule has 0 atom stereocenters. The second-order valence-corrected chi connectivity index (χ2v) is 4.95. The van der Waals surface area contributed by atoms with Gasteiger partial charge in [0.25, 0.3) is 0 Å². The largest absolute Gasteiger partial charge is 0.333 e. The highest BCUT2D eigenvalue weighted by Gasteiger charge is 2.16. The molecule has 0 aromatic rings. The SMILES string of the molecule is CC(C)CN(C)C(=O)NC(C)(C)C. The lowest BCUT2D eigenvalue weighted by Crippen LogP contribution is -2.47. The van der Waals surface area contributed by atoms with Crippen molar-refractivity contribution in [3.63, 3.8) is 0 Å². The van der Waals surface area contributed by atoms with E-state index >= 15 is 0 Å². The minimum atomic E-state index is -0.150. The molecule has 0 saturated carbocycles. The Morgan fingerprint density at radius 1 is 1.38 bits per heavy atom. The molecule has 0 aromatic carbocycles. The first-order valence-corrected chi connectivity index (χ1v) is 4.75. The zero-order valence-electron chi connectivity index (χ0n) is 9.64. The highest BCUT2D eigenvalue weighted by atomic mass is 16.2. The quantitative estimate of drug-likeness (QED) is 0.703. The first-order valence-electron chi connectivity index (χ1n) is 4.75. The number of hydrogen-bond acceptors (Lipinski definition) is 1. The van der Waals surface area contributed by atoms with Crippen LogP contribution in [0.1, 0.15) is 34.6 Å². The van der Waals surface area contributed by atoms with Crippen LogP contribution in [0.5, 0.6) is 0 Å². The van der Waals surface area contributed by atoms with Crippen LogP contribution in [0.25, 0.3) is 0 Å². The van der Waals surface area contributed by atoms with Crippen LogP contribution >= 0.6 is 0 Å². The monoisotopic (exact) mass is 186 g/mol. The maximum Gasteiger partial charge on any atom is 0.317 e. The van der Waals surface area contributed by atoms with E-state index in [9.17, 15) is 4.79 Å². The summed E-state index contributed by atoms with van der Waals surface area (Å²) in [6, 6.07) is 0.00111. The van der Waals surface area contributed by atoms with E-state index in [-0.39, 0.29) is 11.6 Å². The summed E-state index contributed by atoms with van der Waals surface area (Å²) in [6.45, 7) is 10.9. The molecule has 0 aliphatic heterocycles. The number of nitrogens with zero attached hydrogens (tertiary/aromatic N) is 1. The van der Waals surface area contributed by atoms with Crippen molar-refractivity contribution in [1.82, 2.24) is 10.2 Å². The molecule has 13 heavy (non-hydrogen) atoms. The number of rotatable bonds is 2. The van der Waals surface area contributed by atoms with Crippen molar-refractivity contribution in [3.05, 3.63) is 0 Å². The van der Waals surface area contributed by atoms with E-state index in [1.54, 1.807) is 4.90 Å². The standard InChI is InChI=1S/C10H22N2O/c1-8(2)7-12(6)9(13)11-10(3,4)5/h8H,7H2,1-6H3,(H,11,13). The van der Waals surface area contributed by atoms with Crippen LogP contribution < -0.4 is 5.32 Å². The Bertz CT molecular complexity index is 170. The van der Waals surface area contributed by atoms with Gasteiger partial charge >= 0.3 is 6.03 Å². The molecule has 0 aliphatic rings. The molecule has 3 heteroatoms. The summed E-state index contributed by atoms with van der Waals surface area (Å²) in [5.74, 6) is 0.510. The smallest absolute Gasteiger partial charge is 0.317 e. The van der Waals surface area contributed by atoms with Crippen molar-refractivity contribution in [2.45, 2.75) is 40.2 Å². The van der Waals surface area contributed by atoms with Crippen molar-refractivity contribution in [2.75, 3.05) is 13.6 Å². The van der Waals surface area contributed by atoms with Gasteiger partial charge in [-0.05, 0) is 26.7 Å². The molecule has 1 N–H and O–H groups in total. The van der Waals surface area contributed by atoms with E-state index in [1.165, 1.54) is 0 Å². The van der Waals surface area contributed by atoms with Gasteiger partial charge in [0.05, 0.1) is 0 Å². The summed E-state index contributed by atoms with van der Waals surface area (Å²) in [4.78, 5) is 13.2. The third-order valence-corrected chi connectivity index (χ3v) is 1.47. The van der Waals surface area contributed by atoms with Crippen LogP contribution in [0.3, 0.4) is 0 Å². The number of nitrogens with one attached hydrogen (secondary N) is 1. The summed E-state index contributed by atoms with van der Waals surface area (Å²) in [6.07, 6.45) is 0. The van der Waals surface area contributed by atoms with Gasteiger partial charge in [0.1, 0.15) is 0 Å². The average molecular weight is 186 g/mol. The molecule has 0 rings (SSSR count). The van der Waals surface area contributed by atoms with E-state index < -0.39 is 0 Å². The molecule has 0 aliphatic carbocycles. The summed E-state index contributed by atoms with van der Waals surface area (Å²) >= 11 is 0. The molecular formula is C10H22N2O. The topological polar surface area (TPSA) is 32.3 Å². The van der Waals surface area contributed by atoms with Gasteiger partial charge in [-0.1, -0.05) is 13.8 Å². The number of hydrogen-bond donors (Lipinski definition) is 1. The normalized spacial score (nSPS) is 11.6. The van der Waals surface area contributed by atoms with Gasteiger partial charge in [-0.25, -0.2) is 4.79 Å². The van der Waals surface area contributed by atoms with Gasteiger partial charge in [-0.2, -0.15) is 0 Å². The molecule has 2 amide bonds. The summed E-state index contributed by atoms with van der Waals surface area (Å²) in [7, 11) is 1.82. The summed E-state index contributed by atoms with van der Waals surface area (Å²) in [5, 5.41) is 2.91. The Kier molecular flexibility index (Phi) is 4.24. The fraction of sp³-hybridized carbons (Fsp3) is 0.900. The van der Waals surface area contributed by atoms with Gasteiger partial charge in [0.15, 0.2) is 0 Å². The molecule has 0 unspecified atom stereocenters. The van der Waals surface area contributed by atoms with E-state index in [2.05, 4.69) is 19.2 Å². The van der Waals surface area contributed by atoms with Crippen LogP contribution in [0.15, 0.2) is 0 Å². The van der Waals surface area contributed by atoms with Crippen molar-refractivity contribution < 1.29 is 4.79 Å². The highest BCUT2D eigenvalue weighted by molar-refractivity contribution is 5.74. The molecule has 0 aromatic heterocycles. The summed E-state index contributed by atoms with van der Waals surface area (Å²) < 4.78 is 0. The van der Waals surface area contributed by atoms with E-state index in [4.69, 9.17) is 0 Å². The number of carbonyl (C=O) groups is 1. The van der Waals surface area contributed by atoms with Gasteiger partial charge in [-0.3, -0.25) is 0 Å². The van der Waals surface area contributed by atoms with E-state index in [0.717, 1.165) is 6.54 Å². The third kappa shape index (κ3) is 6.43. The van der Waals surface area contributed by atoms with Gasteiger partial charge in [-0.15, -0.1) is 0 Å². The van der Waals surface area contributed by atoms with E-state index in [0.29, 0.717) is 5.92 Å². The lowest BCUT2D eigenvalue weighted by Gasteiger charge is -2.26. The summed E-state index contributed by atoms with van der Waals surface area (Å²) in [5.41, 5.74) is -0.150. The van der Waals surface area contributed by atoms with E-state index in [1.807, 2.05) is 27.8 Å². The predicted molar refractivity (Wildman–Crippen MR) is 55.8 cm³/mol. The predicted octanol–water partition coefficient (Wildman–Crippen LogP) is 2.08. The molecule has 0 radical (unpaired) electrons. The zero-order chi connectivity index (χ0) is 10.6. The molecule has 0 spiro atoms. The molecule has 0 heterocycles. The highest BCUT2D eigenvalue weighted by Crippen LogP contribution is 2.01. The van der Waals surface area contributed by atoms with Crippen LogP contribution in [0, 0.1) is 5.92 Å². The van der Waals surface area contributed by atoms with Crippen molar-refractivity contribution in [1.29, 1.82) is 0 Å². The van der Waals surface area contributed by atoms with Gasteiger partial charge < -0.3 is 10.2 Å². The second kappa shape index (κ2) is 4.49. The Morgan fingerprint density at radius 3 is 2.15 bits per heavy atom. The minimum Gasteiger partial charge on any atom is -0.333 e. The van der Waals surface area contributed by atoms with Crippen LogP contribution in [0.2, 0.25) is 0 Å². The van der Waals surface area contributed by atoms with Gasteiger partial charge in [0, 0.05) is 19.1 Å². The Labute approximate surface area is 81.5 Å². The maximum atomic E-state index is 11.5. The van der Waals surface area contributed by atoms with Crippen molar-refractivity contribution in [3.8, 4) is 0 Å². The lowest BCUT2D eigenvalue weighted by molar-refractivity contribution is 0.194. The Morgan fingerprint density at radius 2 is 1.85 bits per heavy atom. The average Bonchev–Trinajstić information content (AvgIpc) is 1.81. The van der Waals surface area contributed by atoms with Crippen LogP contribution in [-0.2, 0) is 0 Å². The first-order chi connectivity index (χ1) is 5.72. The van der Waals surface area contributed by atoms with Crippen LogP contribution in [0.4, 0.5) is 4.79 Å². The van der Waals surface area contributed by atoms with Crippen molar-refractivity contribution >= 4 is 6.03 Å². The second-order valence-electron chi connectivity index (χ2n) is 4.95. The maximum absolute atomic E-state index is 11.5. The van der Waals surface area contributed by atoms with Crippen LogP contribution in [-0.4, -0.2) is 30.1 Å². The number of amides is 2. The zero-order valence-corrected chi connectivity index (χ0v) is 9.64. The molecule has 0 fully saturated rings. The third-order valence-electron chi connectivity index (χ3n) is 1.47. The lowest BCUT2D eigenvalue weighted by atomic mass is 10.1. The number of carbonyl (C=O) groups excluding carboxylic acids is 1. The molecule has 78 valence electrons. The molecular weight excluding hydrogens is 164 g/mol. The fourth-order valence-corrected chi connectivity index (χ4v) is 1.05. The minimum absolute atomic E-state index is 0.00111. The van der Waals surface area contributed by atoms with Gasteiger partial charge in [0.2, 0.25) is 0 Å². The Balaban J connectivity index is 3.97. The molecule has 3 nitrogen and oxygen atoms in total. The first kappa shape index (κ1) is 12.3. The molecule has 0 saturated heterocycles. The number of urea groups is 1.